The van der Waals surface area contributed by atoms with Crippen LogP contribution in [0.25, 0.3) is 0 Å². The summed E-state index contributed by atoms with van der Waals surface area (Å²) in [5.41, 5.74) is 1.10. The molecule has 3 rings (SSSR count). The van der Waals surface area contributed by atoms with Crippen LogP contribution < -0.4 is 10.6 Å². The lowest BCUT2D eigenvalue weighted by Crippen LogP contribution is -2.35. The van der Waals surface area contributed by atoms with Gasteiger partial charge in [-0.05, 0) is 31.4 Å². The van der Waals surface area contributed by atoms with Crippen molar-refractivity contribution in [1.82, 2.24) is 9.88 Å². The number of benzene rings is 1. The van der Waals surface area contributed by atoms with Gasteiger partial charge >= 0.3 is 6.03 Å². The second-order valence-electron chi connectivity index (χ2n) is 5.34. The zero-order chi connectivity index (χ0) is 16.1. The first-order valence-electron chi connectivity index (χ1n) is 7.60. The number of nitrogens with zero attached hydrogens (tertiary/aromatic N) is 2. The molecule has 0 bridgehead atoms. The Balaban J connectivity index is 1.58. The van der Waals surface area contributed by atoms with E-state index in [0.29, 0.717) is 16.5 Å². The van der Waals surface area contributed by atoms with Crippen LogP contribution in [0.2, 0.25) is 0 Å². The molecule has 1 aliphatic heterocycles. The fourth-order valence-electron chi connectivity index (χ4n) is 2.47. The Kier molecular flexibility index (Phi) is 4.87. The number of para-hydroxylation sites is 1. The quantitative estimate of drug-likeness (QED) is 0.905. The van der Waals surface area contributed by atoms with E-state index in [1.807, 2.05) is 23.1 Å². The lowest BCUT2D eigenvalue weighted by Gasteiger charge is -2.25. The van der Waals surface area contributed by atoms with Crippen molar-refractivity contribution in [3.8, 4) is 0 Å². The van der Waals surface area contributed by atoms with Gasteiger partial charge in [0.2, 0.25) is 0 Å². The molecule has 6 nitrogen and oxygen atoms in total. The number of nitrogens with one attached hydrogen (secondary N) is 2. The van der Waals surface area contributed by atoms with Gasteiger partial charge in [0.1, 0.15) is 5.69 Å². The van der Waals surface area contributed by atoms with Gasteiger partial charge in [0.25, 0.3) is 5.91 Å². The lowest BCUT2D eigenvalue weighted by molar-refractivity contribution is 0.0719. The molecule has 2 N–H and O–H groups in total. The molecule has 7 heteroatoms. The number of piperidine rings is 1. The number of urea groups is 1. The van der Waals surface area contributed by atoms with Crippen LogP contribution in [0.5, 0.6) is 0 Å². The summed E-state index contributed by atoms with van der Waals surface area (Å²) in [5.74, 6) is -0.0579. The molecule has 0 spiro atoms. The van der Waals surface area contributed by atoms with Crippen molar-refractivity contribution in [3.63, 3.8) is 0 Å². The lowest BCUT2D eigenvalue weighted by atomic mass is 10.1. The topological polar surface area (TPSA) is 74.3 Å². The van der Waals surface area contributed by atoms with Crippen LogP contribution in [0, 0.1) is 0 Å². The first-order valence-corrected chi connectivity index (χ1v) is 8.48. The summed E-state index contributed by atoms with van der Waals surface area (Å²) < 4.78 is 0. The Morgan fingerprint density at radius 1 is 1.04 bits per heavy atom. The highest BCUT2D eigenvalue weighted by molar-refractivity contribution is 7.14. The summed E-state index contributed by atoms with van der Waals surface area (Å²) in [6, 6.07) is 8.78. The Labute approximate surface area is 138 Å². The van der Waals surface area contributed by atoms with Crippen LogP contribution in [0.4, 0.5) is 15.6 Å². The van der Waals surface area contributed by atoms with Crippen molar-refractivity contribution in [2.24, 2.45) is 0 Å². The maximum Gasteiger partial charge on any atom is 0.325 e. The third kappa shape index (κ3) is 4.07. The van der Waals surface area contributed by atoms with Gasteiger partial charge in [-0.2, -0.15) is 0 Å². The average molecular weight is 330 g/mol. The van der Waals surface area contributed by atoms with Crippen molar-refractivity contribution in [3.05, 3.63) is 41.4 Å². The number of carbonyl (C=O) groups excluding carboxylic acids is 2. The second-order valence-corrected chi connectivity index (χ2v) is 6.19. The molecule has 0 aliphatic carbocycles. The number of rotatable bonds is 3. The Morgan fingerprint density at radius 2 is 1.78 bits per heavy atom. The Morgan fingerprint density at radius 3 is 2.52 bits per heavy atom. The number of likely N-dealkylation sites (tertiary alicyclic amines) is 1. The van der Waals surface area contributed by atoms with E-state index in [-0.39, 0.29) is 11.9 Å². The summed E-state index contributed by atoms with van der Waals surface area (Å²) in [7, 11) is 0. The van der Waals surface area contributed by atoms with Gasteiger partial charge in [0.05, 0.1) is 0 Å². The van der Waals surface area contributed by atoms with Gasteiger partial charge in [-0.3, -0.25) is 10.1 Å². The SMILES string of the molecule is O=C(Nc1ccccc1)Nc1nc(C(=O)N2CCCCC2)cs1. The van der Waals surface area contributed by atoms with Crippen LogP contribution in [0.15, 0.2) is 35.7 Å². The van der Waals surface area contributed by atoms with E-state index in [0.717, 1.165) is 25.9 Å². The van der Waals surface area contributed by atoms with E-state index < -0.39 is 0 Å². The van der Waals surface area contributed by atoms with E-state index in [9.17, 15) is 9.59 Å². The summed E-state index contributed by atoms with van der Waals surface area (Å²) >= 11 is 1.25. The highest BCUT2D eigenvalue weighted by atomic mass is 32.1. The molecule has 0 unspecified atom stereocenters. The number of hydrogen-bond acceptors (Lipinski definition) is 4. The third-order valence-electron chi connectivity index (χ3n) is 3.62. The summed E-state index contributed by atoms with van der Waals surface area (Å²) in [6.45, 7) is 1.57. The van der Waals surface area contributed by atoms with Gasteiger partial charge < -0.3 is 10.2 Å². The molecule has 1 saturated heterocycles. The standard InChI is InChI=1S/C16H18N4O2S/c21-14(20-9-5-2-6-10-20)13-11-23-16(18-13)19-15(22)17-12-7-3-1-4-8-12/h1,3-4,7-8,11H,2,5-6,9-10H2,(H2,17,18,19,22). The minimum Gasteiger partial charge on any atom is -0.337 e. The monoisotopic (exact) mass is 330 g/mol. The highest BCUT2D eigenvalue weighted by Crippen LogP contribution is 2.19. The van der Waals surface area contributed by atoms with Crippen LogP contribution in [0.3, 0.4) is 0 Å². The molecule has 120 valence electrons. The molecular weight excluding hydrogens is 312 g/mol. The van der Waals surface area contributed by atoms with E-state index >= 15 is 0 Å². The average Bonchev–Trinajstić information content (AvgIpc) is 3.04. The molecule has 2 aromatic rings. The molecular formula is C16H18N4O2S. The van der Waals surface area contributed by atoms with Crippen molar-refractivity contribution in [2.45, 2.75) is 19.3 Å². The molecule has 1 aliphatic rings. The fraction of sp³-hybridized carbons (Fsp3) is 0.312. The van der Waals surface area contributed by atoms with E-state index in [2.05, 4.69) is 15.6 Å². The smallest absolute Gasteiger partial charge is 0.325 e. The largest absolute Gasteiger partial charge is 0.337 e. The minimum absolute atomic E-state index is 0.0579. The predicted octanol–water partition coefficient (Wildman–Crippen LogP) is 3.41. The van der Waals surface area contributed by atoms with Crippen LogP contribution in [-0.2, 0) is 0 Å². The number of aromatic nitrogens is 1. The molecule has 1 aromatic heterocycles. The maximum atomic E-state index is 12.3. The van der Waals surface area contributed by atoms with Crippen molar-refractivity contribution < 1.29 is 9.59 Å². The van der Waals surface area contributed by atoms with Gasteiger partial charge in [0, 0.05) is 24.2 Å². The van der Waals surface area contributed by atoms with Crippen molar-refractivity contribution in [1.29, 1.82) is 0 Å². The van der Waals surface area contributed by atoms with Gasteiger partial charge in [-0.1, -0.05) is 18.2 Å². The van der Waals surface area contributed by atoms with Crippen molar-refractivity contribution >= 4 is 34.1 Å². The summed E-state index contributed by atoms with van der Waals surface area (Å²) in [4.78, 5) is 30.3. The van der Waals surface area contributed by atoms with E-state index in [4.69, 9.17) is 0 Å². The van der Waals surface area contributed by atoms with Gasteiger partial charge in [-0.25, -0.2) is 9.78 Å². The highest BCUT2D eigenvalue weighted by Gasteiger charge is 2.20. The Bertz CT molecular complexity index is 680. The molecule has 0 saturated carbocycles. The zero-order valence-electron chi connectivity index (χ0n) is 12.6. The first kappa shape index (κ1) is 15.5. The normalized spacial score (nSPS) is 14.3. The first-order chi connectivity index (χ1) is 11.2. The minimum atomic E-state index is -0.373. The van der Waals surface area contributed by atoms with Crippen LogP contribution >= 0.6 is 11.3 Å². The molecule has 0 atom stereocenters. The third-order valence-corrected chi connectivity index (χ3v) is 4.38. The van der Waals surface area contributed by atoms with Crippen LogP contribution in [-0.4, -0.2) is 34.9 Å². The number of carbonyl (C=O) groups is 2. The molecule has 1 fully saturated rings. The Hall–Kier alpha value is -2.41. The molecule has 2 heterocycles. The van der Waals surface area contributed by atoms with E-state index in [1.54, 1.807) is 17.5 Å². The predicted molar refractivity (Wildman–Crippen MR) is 91.0 cm³/mol. The fourth-order valence-corrected chi connectivity index (χ4v) is 3.15. The summed E-state index contributed by atoms with van der Waals surface area (Å²) in [5, 5.41) is 7.47. The number of thiazole rings is 1. The van der Waals surface area contributed by atoms with Crippen LogP contribution in [0.1, 0.15) is 29.8 Å². The molecule has 0 radical (unpaired) electrons. The number of hydrogen-bond donors (Lipinski definition) is 2. The maximum absolute atomic E-state index is 12.3. The number of amides is 3. The van der Waals surface area contributed by atoms with Gasteiger partial charge in [0.15, 0.2) is 5.13 Å². The van der Waals surface area contributed by atoms with Crippen molar-refractivity contribution in [2.75, 3.05) is 23.7 Å². The zero-order valence-corrected chi connectivity index (χ0v) is 13.4. The van der Waals surface area contributed by atoms with Gasteiger partial charge in [-0.15, -0.1) is 11.3 Å². The molecule has 1 aromatic carbocycles. The number of anilines is 2. The summed E-state index contributed by atoms with van der Waals surface area (Å²) in [6.07, 6.45) is 3.26. The molecule has 23 heavy (non-hydrogen) atoms. The second kappa shape index (κ2) is 7.23. The van der Waals surface area contributed by atoms with E-state index in [1.165, 1.54) is 17.8 Å². The molecule has 3 amide bonds.